The fourth-order valence-electron chi connectivity index (χ4n) is 5.29. The molecule has 2 aliphatic rings. The first-order valence-corrected chi connectivity index (χ1v) is 13.7. The summed E-state index contributed by atoms with van der Waals surface area (Å²) in [7, 11) is 0. The van der Waals surface area contributed by atoms with E-state index in [-0.39, 0.29) is 5.91 Å². The highest BCUT2D eigenvalue weighted by molar-refractivity contribution is 6.04. The molecule has 0 saturated carbocycles. The number of nitrogens with zero attached hydrogens (tertiary/aromatic N) is 3. The molecule has 0 bridgehead atoms. The number of anilines is 1. The number of hydrogen-bond donors (Lipinski definition) is 4. The molecule has 0 fully saturated rings. The summed E-state index contributed by atoms with van der Waals surface area (Å²) in [6.07, 6.45) is 19.2. The van der Waals surface area contributed by atoms with E-state index in [1.165, 1.54) is 0 Å². The molecule has 206 valence electrons. The molecule has 0 saturated heterocycles. The molecular weight excluding hydrogens is 526 g/mol. The van der Waals surface area contributed by atoms with E-state index in [0.717, 1.165) is 68.5 Å². The van der Waals surface area contributed by atoms with E-state index >= 15 is 0 Å². The van der Waals surface area contributed by atoms with Gasteiger partial charge in [0.15, 0.2) is 5.82 Å². The van der Waals surface area contributed by atoms with Crippen molar-refractivity contribution in [1.82, 2.24) is 25.1 Å². The normalized spacial score (nSPS) is 17.3. The van der Waals surface area contributed by atoms with Gasteiger partial charge in [-0.05, 0) is 60.4 Å². The Morgan fingerprint density at radius 2 is 1.90 bits per heavy atom. The third-order valence-electron chi connectivity index (χ3n) is 7.38. The maximum absolute atomic E-state index is 12.6. The molecule has 9 nitrogen and oxygen atoms in total. The SMILES string of the molecule is NC1=CC=C(c2ccoc2)c2nc(-c3n[nH]c4/c3=C/CC/C(c3cncc(NC(=O)c5ccccc5)c3)=C\C=4)[nH]c2C1. The van der Waals surface area contributed by atoms with Crippen molar-refractivity contribution >= 4 is 34.9 Å². The molecular formula is C33H27N7O2. The number of nitrogens with one attached hydrogen (secondary N) is 3. The standard InChI is InChI=1S/C33H27N7O2/c34-24-10-11-26(22-13-14-42-19-22)30-29(16-24)37-32(38-30)31-27-8-4-7-20(9-12-28(27)39-40-31)23-15-25(18-35-17-23)36-33(41)21-5-2-1-3-6-21/h1-3,5-6,8-15,17-19,39H,4,7,16,34H2,(H,36,41)(H,37,38)/b20-9+,27-8-,28-12+. The number of pyridine rings is 1. The molecule has 1 aromatic carbocycles. The molecule has 5 N–H and O–H groups in total. The number of hydrogen-bond acceptors (Lipinski definition) is 6. The molecule has 0 radical (unpaired) electrons. The summed E-state index contributed by atoms with van der Waals surface area (Å²) in [6, 6.07) is 13.0. The summed E-state index contributed by atoms with van der Waals surface area (Å²) < 4.78 is 5.33. The van der Waals surface area contributed by atoms with Crippen LogP contribution in [0.15, 0.2) is 95.7 Å². The van der Waals surface area contributed by atoms with Gasteiger partial charge in [-0.2, -0.15) is 5.10 Å². The van der Waals surface area contributed by atoms with Gasteiger partial charge >= 0.3 is 0 Å². The third kappa shape index (κ3) is 4.88. The van der Waals surface area contributed by atoms with Crippen LogP contribution in [0, 0.1) is 0 Å². The fourth-order valence-corrected chi connectivity index (χ4v) is 5.29. The van der Waals surface area contributed by atoms with Crippen LogP contribution in [0.5, 0.6) is 0 Å². The molecule has 2 aliphatic carbocycles. The minimum Gasteiger partial charge on any atom is -0.472 e. The number of rotatable bonds is 5. The van der Waals surface area contributed by atoms with E-state index in [1.54, 1.807) is 30.9 Å². The topological polar surface area (TPSA) is 139 Å². The molecule has 4 aromatic heterocycles. The van der Waals surface area contributed by atoms with E-state index in [4.69, 9.17) is 15.1 Å². The molecule has 0 spiro atoms. The van der Waals surface area contributed by atoms with Crippen molar-refractivity contribution in [2.75, 3.05) is 5.32 Å². The van der Waals surface area contributed by atoms with E-state index in [0.29, 0.717) is 23.5 Å². The number of amides is 1. The van der Waals surface area contributed by atoms with Crippen LogP contribution >= 0.6 is 0 Å². The molecule has 0 atom stereocenters. The number of fused-ring (bicyclic) bond motifs is 2. The number of aromatic nitrogens is 5. The molecule has 42 heavy (non-hydrogen) atoms. The second kappa shape index (κ2) is 10.7. The maximum atomic E-state index is 12.6. The van der Waals surface area contributed by atoms with Gasteiger partial charge in [-0.25, -0.2) is 4.98 Å². The van der Waals surface area contributed by atoms with Crippen molar-refractivity contribution < 1.29 is 9.21 Å². The fraction of sp³-hybridized carbons (Fsp3) is 0.0909. The quantitative estimate of drug-likeness (QED) is 0.256. The molecule has 0 aliphatic heterocycles. The zero-order chi connectivity index (χ0) is 28.5. The van der Waals surface area contributed by atoms with Gasteiger partial charge in [-0.15, -0.1) is 0 Å². The summed E-state index contributed by atoms with van der Waals surface area (Å²) in [5.41, 5.74) is 14.7. The highest BCUT2D eigenvalue weighted by atomic mass is 16.3. The third-order valence-corrected chi connectivity index (χ3v) is 7.38. The van der Waals surface area contributed by atoms with Crippen LogP contribution < -0.4 is 21.6 Å². The van der Waals surface area contributed by atoms with Crippen molar-refractivity contribution in [2.24, 2.45) is 5.73 Å². The number of allylic oxidation sites excluding steroid dienone is 5. The van der Waals surface area contributed by atoms with Gasteiger partial charge < -0.3 is 20.5 Å². The highest BCUT2D eigenvalue weighted by Gasteiger charge is 2.21. The predicted octanol–water partition coefficient (Wildman–Crippen LogP) is 4.31. The zero-order valence-corrected chi connectivity index (χ0v) is 22.6. The lowest BCUT2D eigenvalue weighted by molar-refractivity contribution is 0.102. The van der Waals surface area contributed by atoms with Crippen LogP contribution in [0.3, 0.4) is 0 Å². The van der Waals surface area contributed by atoms with Crippen molar-refractivity contribution in [3.63, 3.8) is 0 Å². The predicted molar refractivity (Wildman–Crippen MR) is 162 cm³/mol. The lowest BCUT2D eigenvalue weighted by atomic mass is 10.00. The van der Waals surface area contributed by atoms with Crippen molar-refractivity contribution in [3.05, 3.63) is 130 Å². The Morgan fingerprint density at radius 3 is 2.76 bits per heavy atom. The van der Waals surface area contributed by atoms with Gasteiger partial charge in [0.05, 0.1) is 35.5 Å². The summed E-state index contributed by atoms with van der Waals surface area (Å²) >= 11 is 0. The summed E-state index contributed by atoms with van der Waals surface area (Å²) in [6.45, 7) is 0. The van der Waals surface area contributed by atoms with Crippen molar-refractivity contribution in [2.45, 2.75) is 19.3 Å². The van der Waals surface area contributed by atoms with E-state index in [2.05, 4.69) is 37.6 Å². The summed E-state index contributed by atoms with van der Waals surface area (Å²) in [4.78, 5) is 25.5. The lowest BCUT2D eigenvalue weighted by Gasteiger charge is -2.10. The Labute approximate surface area is 240 Å². The van der Waals surface area contributed by atoms with Gasteiger partial charge in [-0.3, -0.25) is 14.9 Å². The minimum atomic E-state index is -0.169. The number of furan rings is 1. The summed E-state index contributed by atoms with van der Waals surface area (Å²) in [5.74, 6) is 0.513. The van der Waals surface area contributed by atoms with Crippen molar-refractivity contribution in [1.29, 1.82) is 0 Å². The van der Waals surface area contributed by atoms with Gasteiger partial charge in [-0.1, -0.05) is 36.4 Å². The van der Waals surface area contributed by atoms with E-state index in [1.807, 2.05) is 54.8 Å². The van der Waals surface area contributed by atoms with Crippen molar-refractivity contribution in [3.8, 4) is 11.5 Å². The van der Waals surface area contributed by atoms with Gasteiger partial charge in [0.2, 0.25) is 0 Å². The maximum Gasteiger partial charge on any atom is 0.255 e. The van der Waals surface area contributed by atoms with Gasteiger partial charge in [0.1, 0.15) is 5.69 Å². The number of nitrogens with two attached hydrogens (primary N) is 1. The smallest absolute Gasteiger partial charge is 0.255 e. The Balaban J connectivity index is 1.19. The number of benzene rings is 1. The highest BCUT2D eigenvalue weighted by Crippen LogP contribution is 2.30. The lowest BCUT2D eigenvalue weighted by Crippen LogP contribution is -2.24. The van der Waals surface area contributed by atoms with Crippen LogP contribution in [-0.4, -0.2) is 31.1 Å². The molecule has 1 amide bonds. The largest absolute Gasteiger partial charge is 0.472 e. The van der Waals surface area contributed by atoms with Crippen LogP contribution in [0.1, 0.15) is 45.7 Å². The number of carbonyl (C=O) groups is 1. The second-order valence-electron chi connectivity index (χ2n) is 10.2. The number of imidazole rings is 1. The Bertz CT molecular complexity index is 2010. The minimum absolute atomic E-state index is 0.169. The molecule has 4 heterocycles. The number of H-pyrrole nitrogens is 2. The van der Waals surface area contributed by atoms with Crippen LogP contribution in [0.4, 0.5) is 5.69 Å². The van der Waals surface area contributed by atoms with E-state index in [9.17, 15) is 4.79 Å². The molecule has 0 unspecified atom stereocenters. The van der Waals surface area contributed by atoms with Crippen LogP contribution in [0.25, 0.3) is 34.8 Å². The Kier molecular flexibility index (Phi) is 6.44. The van der Waals surface area contributed by atoms with Gasteiger partial charge in [0.25, 0.3) is 5.91 Å². The first-order valence-electron chi connectivity index (χ1n) is 13.7. The molecule has 5 aromatic rings. The van der Waals surface area contributed by atoms with Gasteiger partial charge in [0, 0.05) is 45.9 Å². The zero-order valence-electron chi connectivity index (χ0n) is 22.6. The van der Waals surface area contributed by atoms with Crippen LogP contribution in [-0.2, 0) is 6.42 Å². The average Bonchev–Trinajstić information content (AvgIpc) is 3.74. The van der Waals surface area contributed by atoms with E-state index < -0.39 is 0 Å². The first kappa shape index (κ1) is 25.3. The average molecular weight is 554 g/mol. The first-order chi connectivity index (χ1) is 20.6. The Hall–Kier alpha value is -5.70. The summed E-state index contributed by atoms with van der Waals surface area (Å²) in [5, 5.41) is 12.7. The number of aromatic amines is 2. The van der Waals surface area contributed by atoms with Crippen LogP contribution in [0.2, 0.25) is 0 Å². The number of carbonyl (C=O) groups excluding carboxylic acids is 1. The molecule has 9 heteroatoms. The second-order valence-corrected chi connectivity index (χ2v) is 10.2. The Morgan fingerprint density at radius 1 is 1.00 bits per heavy atom. The molecule has 7 rings (SSSR count). The monoisotopic (exact) mass is 553 g/mol.